The third kappa shape index (κ3) is 2.47. The fourth-order valence-corrected chi connectivity index (χ4v) is 4.91. The predicted octanol–water partition coefficient (Wildman–Crippen LogP) is 8.35. The second-order valence-corrected chi connectivity index (χ2v) is 8.23. The number of fused-ring (bicyclic) bond motifs is 6. The van der Waals surface area contributed by atoms with Crippen LogP contribution in [0.5, 0.6) is 0 Å². The highest BCUT2D eigenvalue weighted by Crippen LogP contribution is 2.37. The topological polar surface area (TPSA) is 18.1 Å². The van der Waals surface area contributed by atoms with Gasteiger partial charge in [-0.3, -0.25) is 0 Å². The van der Waals surface area contributed by atoms with Crippen LogP contribution in [0.1, 0.15) is 0 Å². The standard InChI is InChI=1S/C30H19NO/c1-2-8-20(9-3-1)21-14-16-28-25(18-21)23-10-4-6-12-27(23)31(28)22-15-17-30-26(19-22)24-11-5-7-13-29(24)32-30/h1-19H. The van der Waals surface area contributed by atoms with E-state index in [-0.39, 0.29) is 0 Å². The van der Waals surface area contributed by atoms with Gasteiger partial charge in [-0.2, -0.15) is 0 Å². The Morgan fingerprint density at radius 3 is 2.06 bits per heavy atom. The van der Waals surface area contributed by atoms with Crippen LogP contribution >= 0.6 is 0 Å². The molecule has 7 rings (SSSR count). The Morgan fingerprint density at radius 1 is 0.438 bits per heavy atom. The molecule has 0 N–H and O–H groups in total. The highest BCUT2D eigenvalue weighted by atomic mass is 16.3. The lowest BCUT2D eigenvalue weighted by molar-refractivity contribution is 0.669. The third-order valence-corrected chi connectivity index (χ3v) is 6.40. The average Bonchev–Trinajstić information content (AvgIpc) is 3.39. The molecule has 0 spiro atoms. The van der Waals surface area contributed by atoms with Crippen LogP contribution in [0, 0.1) is 0 Å². The number of hydrogen-bond donors (Lipinski definition) is 0. The van der Waals surface area contributed by atoms with Crippen LogP contribution in [0.3, 0.4) is 0 Å². The van der Waals surface area contributed by atoms with E-state index < -0.39 is 0 Å². The largest absolute Gasteiger partial charge is 0.456 e. The highest BCUT2D eigenvalue weighted by molar-refractivity contribution is 6.11. The van der Waals surface area contributed by atoms with Crippen molar-refractivity contribution in [1.29, 1.82) is 0 Å². The molecule has 7 aromatic rings. The van der Waals surface area contributed by atoms with Gasteiger partial charge in [0.25, 0.3) is 0 Å². The summed E-state index contributed by atoms with van der Waals surface area (Å²) in [6, 6.07) is 40.7. The molecule has 0 amide bonds. The maximum absolute atomic E-state index is 6.06. The first kappa shape index (κ1) is 17.4. The molecule has 2 nitrogen and oxygen atoms in total. The van der Waals surface area contributed by atoms with Crippen LogP contribution in [0.25, 0.3) is 60.6 Å². The second-order valence-electron chi connectivity index (χ2n) is 8.23. The lowest BCUT2D eigenvalue weighted by Crippen LogP contribution is -1.93. The molecule has 0 saturated carbocycles. The van der Waals surface area contributed by atoms with Gasteiger partial charge in [0.05, 0.1) is 11.0 Å². The van der Waals surface area contributed by atoms with Gasteiger partial charge in [-0.05, 0) is 53.6 Å². The summed E-state index contributed by atoms with van der Waals surface area (Å²) in [6.07, 6.45) is 0. The van der Waals surface area contributed by atoms with E-state index in [1.165, 1.54) is 32.9 Å². The number of aromatic nitrogens is 1. The minimum atomic E-state index is 0.919. The number of rotatable bonds is 2. The molecular weight excluding hydrogens is 390 g/mol. The number of hydrogen-bond acceptors (Lipinski definition) is 1. The number of benzene rings is 5. The number of furan rings is 1. The summed E-state index contributed by atoms with van der Waals surface area (Å²) in [5, 5.41) is 4.82. The van der Waals surface area contributed by atoms with Gasteiger partial charge in [0, 0.05) is 27.2 Å². The Morgan fingerprint density at radius 2 is 1.16 bits per heavy atom. The maximum Gasteiger partial charge on any atom is 0.135 e. The molecule has 0 aliphatic rings. The Bertz CT molecular complexity index is 1770. The van der Waals surface area contributed by atoms with Crippen molar-refractivity contribution in [2.45, 2.75) is 0 Å². The van der Waals surface area contributed by atoms with Crippen molar-refractivity contribution in [3.8, 4) is 16.8 Å². The molecule has 2 heteroatoms. The molecule has 0 atom stereocenters. The molecular formula is C30H19NO. The average molecular weight is 409 g/mol. The molecule has 0 fully saturated rings. The number of para-hydroxylation sites is 2. The summed E-state index contributed by atoms with van der Waals surface area (Å²) in [4.78, 5) is 0. The van der Waals surface area contributed by atoms with Gasteiger partial charge in [0.1, 0.15) is 11.2 Å². The maximum atomic E-state index is 6.06. The zero-order valence-corrected chi connectivity index (χ0v) is 17.3. The van der Waals surface area contributed by atoms with Gasteiger partial charge in [-0.1, -0.05) is 72.8 Å². The van der Waals surface area contributed by atoms with E-state index >= 15 is 0 Å². The normalized spacial score (nSPS) is 11.8. The first-order chi connectivity index (χ1) is 15.9. The van der Waals surface area contributed by atoms with Crippen molar-refractivity contribution in [2.75, 3.05) is 0 Å². The van der Waals surface area contributed by atoms with E-state index in [1.807, 2.05) is 12.1 Å². The van der Waals surface area contributed by atoms with E-state index in [9.17, 15) is 0 Å². The molecule has 5 aromatic carbocycles. The summed E-state index contributed by atoms with van der Waals surface area (Å²) < 4.78 is 8.42. The van der Waals surface area contributed by atoms with Crippen molar-refractivity contribution in [3.05, 3.63) is 115 Å². The summed E-state index contributed by atoms with van der Waals surface area (Å²) in [5.41, 5.74) is 7.87. The summed E-state index contributed by atoms with van der Waals surface area (Å²) in [6.45, 7) is 0. The summed E-state index contributed by atoms with van der Waals surface area (Å²) in [7, 11) is 0. The highest BCUT2D eigenvalue weighted by Gasteiger charge is 2.14. The Labute approximate surface area is 184 Å². The van der Waals surface area contributed by atoms with E-state index in [0.717, 1.165) is 27.6 Å². The molecule has 0 aliphatic carbocycles. The van der Waals surface area contributed by atoms with E-state index in [0.29, 0.717) is 0 Å². The van der Waals surface area contributed by atoms with E-state index in [2.05, 4.69) is 108 Å². The molecule has 0 unspecified atom stereocenters. The van der Waals surface area contributed by atoms with Crippen LogP contribution in [0.4, 0.5) is 0 Å². The molecule has 2 heterocycles. The first-order valence-corrected chi connectivity index (χ1v) is 10.9. The van der Waals surface area contributed by atoms with Gasteiger partial charge in [0.2, 0.25) is 0 Å². The quantitative estimate of drug-likeness (QED) is 0.280. The molecule has 32 heavy (non-hydrogen) atoms. The van der Waals surface area contributed by atoms with Gasteiger partial charge in [0.15, 0.2) is 0 Å². The number of nitrogens with zero attached hydrogens (tertiary/aromatic N) is 1. The van der Waals surface area contributed by atoms with Crippen LogP contribution in [0.15, 0.2) is 120 Å². The fourth-order valence-electron chi connectivity index (χ4n) is 4.91. The fraction of sp³-hybridized carbons (Fsp3) is 0. The molecule has 2 aromatic heterocycles. The lowest BCUT2D eigenvalue weighted by atomic mass is 10.0. The third-order valence-electron chi connectivity index (χ3n) is 6.40. The molecule has 0 radical (unpaired) electrons. The second kappa shape index (κ2) is 6.60. The summed E-state index contributed by atoms with van der Waals surface area (Å²) >= 11 is 0. The lowest BCUT2D eigenvalue weighted by Gasteiger charge is -2.08. The zero-order chi connectivity index (χ0) is 21.1. The van der Waals surface area contributed by atoms with Gasteiger partial charge in [-0.25, -0.2) is 0 Å². The Kier molecular flexibility index (Phi) is 3.58. The van der Waals surface area contributed by atoms with Crippen LogP contribution < -0.4 is 0 Å². The molecule has 0 bridgehead atoms. The monoisotopic (exact) mass is 409 g/mol. The first-order valence-electron chi connectivity index (χ1n) is 10.9. The van der Waals surface area contributed by atoms with E-state index in [1.54, 1.807) is 0 Å². The summed E-state index contributed by atoms with van der Waals surface area (Å²) in [5.74, 6) is 0. The molecule has 0 aliphatic heterocycles. The van der Waals surface area contributed by atoms with Crippen molar-refractivity contribution in [2.24, 2.45) is 0 Å². The Hall–Kier alpha value is -4.30. The zero-order valence-electron chi connectivity index (χ0n) is 17.3. The van der Waals surface area contributed by atoms with Crippen molar-refractivity contribution in [3.63, 3.8) is 0 Å². The van der Waals surface area contributed by atoms with Crippen LogP contribution in [-0.2, 0) is 0 Å². The minimum absolute atomic E-state index is 0.919. The van der Waals surface area contributed by atoms with Crippen LogP contribution in [0.2, 0.25) is 0 Å². The SMILES string of the molecule is c1ccc(-c2ccc3c(c2)c2ccccc2n3-c2ccc3oc4ccccc4c3c2)cc1. The predicted molar refractivity (Wildman–Crippen MR) is 133 cm³/mol. The van der Waals surface area contributed by atoms with Gasteiger partial charge < -0.3 is 8.98 Å². The van der Waals surface area contributed by atoms with Crippen molar-refractivity contribution >= 4 is 43.7 Å². The smallest absolute Gasteiger partial charge is 0.135 e. The van der Waals surface area contributed by atoms with E-state index in [4.69, 9.17) is 4.42 Å². The molecule has 0 saturated heterocycles. The van der Waals surface area contributed by atoms with Crippen LogP contribution in [-0.4, -0.2) is 4.57 Å². The van der Waals surface area contributed by atoms with Crippen molar-refractivity contribution in [1.82, 2.24) is 4.57 Å². The Balaban J connectivity index is 1.53. The van der Waals surface area contributed by atoms with Gasteiger partial charge >= 0.3 is 0 Å². The van der Waals surface area contributed by atoms with Gasteiger partial charge in [-0.15, -0.1) is 0 Å². The van der Waals surface area contributed by atoms with Crippen molar-refractivity contribution < 1.29 is 4.42 Å². The molecule has 150 valence electrons. The minimum Gasteiger partial charge on any atom is -0.456 e.